The maximum absolute atomic E-state index is 11.0. The molecule has 0 saturated heterocycles. The van der Waals surface area contributed by atoms with Gasteiger partial charge in [0.05, 0.1) is 0 Å². The quantitative estimate of drug-likeness (QED) is 0.602. The molecule has 1 aromatic carbocycles. The standard InChI is InChI=1S/C11H13ClN2O2/c1-8(15)16-11(2,14-13-3)9-4-6-10(12)7-5-9/h4-7H,1-3H3. The van der Waals surface area contributed by atoms with E-state index in [1.165, 1.54) is 14.0 Å². The summed E-state index contributed by atoms with van der Waals surface area (Å²) in [5, 5.41) is 8.22. The molecule has 16 heavy (non-hydrogen) atoms. The van der Waals surface area contributed by atoms with Crippen molar-refractivity contribution in [2.24, 2.45) is 10.2 Å². The minimum atomic E-state index is -1.09. The van der Waals surface area contributed by atoms with Crippen LogP contribution in [0.1, 0.15) is 19.4 Å². The van der Waals surface area contributed by atoms with Crippen LogP contribution in [0.15, 0.2) is 34.5 Å². The van der Waals surface area contributed by atoms with Crippen LogP contribution in [-0.4, -0.2) is 13.0 Å². The molecule has 0 amide bonds. The van der Waals surface area contributed by atoms with Crippen molar-refractivity contribution in [3.8, 4) is 0 Å². The van der Waals surface area contributed by atoms with Gasteiger partial charge in [0.2, 0.25) is 5.72 Å². The minimum Gasteiger partial charge on any atom is -0.431 e. The molecule has 0 aliphatic rings. The average Bonchev–Trinajstić information content (AvgIpc) is 2.17. The van der Waals surface area contributed by atoms with Gasteiger partial charge in [0.1, 0.15) is 0 Å². The first kappa shape index (κ1) is 12.6. The number of carbonyl (C=O) groups is 1. The number of azo groups is 1. The van der Waals surface area contributed by atoms with Crippen LogP contribution in [0.2, 0.25) is 5.02 Å². The maximum Gasteiger partial charge on any atom is 0.305 e. The van der Waals surface area contributed by atoms with E-state index in [-0.39, 0.29) is 0 Å². The highest BCUT2D eigenvalue weighted by Crippen LogP contribution is 2.28. The number of benzene rings is 1. The fourth-order valence-electron chi connectivity index (χ4n) is 1.37. The Balaban J connectivity index is 3.10. The van der Waals surface area contributed by atoms with E-state index < -0.39 is 11.7 Å². The van der Waals surface area contributed by atoms with E-state index in [1.54, 1.807) is 31.2 Å². The third-order valence-corrected chi connectivity index (χ3v) is 2.27. The van der Waals surface area contributed by atoms with Gasteiger partial charge in [-0.15, -0.1) is 5.11 Å². The minimum absolute atomic E-state index is 0.412. The molecule has 1 aromatic rings. The summed E-state index contributed by atoms with van der Waals surface area (Å²) in [5.41, 5.74) is -0.372. The molecule has 0 radical (unpaired) electrons. The van der Waals surface area contributed by atoms with Gasteiger partial charge in [-0.1, -0.05) is 23.7 Å². The summed E-state index contributed by atoms with van der Waals surface area (Å²) in [4.78, 5) is 11.0. The van der Waals surface area contributed by atoms with Crippen LogP contribution in [-0.2, 0) is 15.3 Å². The Morgan fingerprint density at radius 2 is 1.94 bits per heavy atom. The molecule has 5 heteroatoms. The molecule has 0 spiro atoms. The van der Waals surface area contributed by atoms with Gasteiger partial charge in [-0.25, -0.2) is 0 Å². The van der Waals surface area contributed by atoms with E-state index in [0.29, 0.717) is 5.02 Å². The summed E-state index contributed by atoms with van der Waals surface area (Å²) in [6.45, 7) is 3.00. The van der Waals surface area contributed by atoms with Crippen LogP contribution < -0.4 is 0 Å². The van der Waals surface area contributed by atoms with Crippen molar-refractivity contribution in [2.45, 2.75) is 19.6 Å². The van der Waals surface area contributed by atoms with Crippen molar-refractivity contribution in [1.29, 1.82) is 0 Å². The van der Waals surface area contributed by atoms with Crippen molar-refractivity contribution in [1.82, 2.24) is 0 Å². The maximum atomic E-state index is 11.0. The molecule has 0 aromatic heterocycles. The third kappa shape index (κ3) is 3.03. The number of esters is 1. The fourth-order valence-corrected chi connectivity index (χ4v) is 1.49. The van der Waals surface area contributed by atoms with Gasteiger partial charge in [0.25, 0.3) is 0 Å². The first-order valence-electron chi connectivity index (χ1n) is 4.74. The van der Waals surface area contributed by atoms with E-state index in [2.05, 4.69) is 10.2 Å². The van der Waals surface area contributed by atoms with E-state index >= 15 is 0 Å². The van der Waals surface area contributed by atoms with Crippen molar-refractivity contribution >= 4 is 17.6 Å². The molecular formula is C11H13ClN2O2. The molecule has 4 nitrogen and oxygen atoms in total. The van der Waals surface area contributed by atoms with Crippen molar-refractivity contribution in [3.63, 3.8) is 0 Å². The highest BCUT2D eigenvalue weighted by Gasteiger charge is 2.29. The van der Waals surface area contributed by atoms with E-state index in [0.717, 1.165) is 5.56 Å². The lowest BCUT2D eigenvalue weighted by molar-refractivity contribution is -0.156. The highest BCUT2D eigenvalue weighted by atomic mass is 35.5. The lowest BCUT2D eigenvalue weighted by Gasteiger charge is -2.23. The first-order chi connectivity index (χ1) is 7.48. The number of nitrogens with zero attached hydrogens (tertiary/aromatic N) is 2. The van der Waals surface area contributed by atoms with Crippen molar-refractivity contribution in [3.05, 3.63) is 34.9 Å². The number of hydrogen-bond acceptors (Lipinski definition) is 4. The zero-order chi connectivity index (χ0) is 12.2. The van der Waals surface area contributed by atoms with Gasteiger partial charge in [-0.3, -0.25) is 4.79 Å². The fraction of sp³-hybridized carbons (Fsp3) is 0.364. The lowest BCUT2D eigenvalue weighted by atomic mass is 10.1. The zero-order valence-corrected chi connectivity index (χ0v) is 10.2. The molecule has 0 saturated carbocycles. The van der Waals surface area contributed by atoms with Gasteiger partial charge in [0, 0.05) is 31.5 Å². The summed E-state index contributed by atoms with van der Waals surface area (Å²) < 4.78 is 5.16. The molecule has 0 aliphatic carbocycles. The van der Waals surface area contributed by atoms with E-state index in [1.807, 2.05) is 0 Å². The molecular weight excluding hydrogens is 228 g/mol. The smallest absolute Gasteiger partial charge is 0.305 e. The Morgan fingerprint density at radius 1 is 1.38 bits per heavy atom. The second-order valence-electron chi connectivity index (χ2n) is 3.38. The van der Waals surface area contributed by atoms with Crippen LogP contribution in [0.3, 0.4) is 0 Å². The zero-order valence-electron chi connectivity index (χ0n) is 9.40. The Labute approximate surface area is 99.3 Å². The number of ether oxygens (including phenoxy) is 1. The molecule has 86 valence electrons. The second kappa shape index (κ2) is 5.07. The molecule has 1 unspecified atom stereocenters. The Hall–Kier alpha value is -1.42. The second-order valence-corrected chi connectivity index (χ2v) is 3.82. The molecule has 0 heterocycles. The molecule has 0 bridgehead atoms. The van der Waals surface area contributed by atoms with Crippen LogP contribution >= 0.6 is 11.6 Å². The summed E-state index contributed by atoms with van der Waals surface area (Å²) in [6, 6.07) is 6.92. The largest absolute Gasteiger partial charge is 0.431 e. The summed E-state index contributed by atoms with van der Waals surface area (Å²) >= 11 is 5.78. The van der Waals surface area contributed by atoms with Crippen molar-refractivity contribution < 1.29 is 9.53 Å². The molecule has 1 atom stereocenters. The summed E-state index contributed by atoms with van der Waals surface area (Å²) in [7, 11) is 1.53. The van der Waals surface area contributed by atoms with Crippen LogP contribution in [0, 0.1) is 0 Å². The van der Waals surface area contributed by atoms with Crippen LogP contribution in [0.25, 0.3) is 0 Å². The SMILES string of the molecule is CN=NC(C)(OC(C)=O)c1ccc(Cl)cc1. The highest BCUT2D eigenvalue weighted by molar-refractivity contribution is 6.30. The molecule has 0 N–H and O–H groups in total. The number of rotatable bonds is 3. The predicted octanol–water partition coefficient (Wildman–Crippen LogP) is 3.16. The van der Waals surface area contributed by atoms with E-state index in [4.69, 9.17) is 16.3 Å². The van der Waals surface area contributed by atoms with Gasteiger partial charge in [0.15, 0.2) is 0 Å². The summed E-state index contributed by atoms with van der Waals surface area (Å²) in [5.74, 6) is -0.412. The van der Waals surface area contributed by atoms with Crippen LogP contribution in [0.5, 0.6) is 0 Å². The van der Waals surface area contributed by atoms with E-state index in [9.17, 15) is 4.79 Å². The average molecular weight is 241 g/mol. The van der Waals surface area contributed by atoms with Gasteiger partial charge < -0.3 is 4.74 Å². The Morgan fingerprint density at radius 3 is 2.38 bits per heavy atom. The van der Waals surface area contributed by atoms with Crippen LogP contribution in [0.4, 0.5) is 0 Å². The third-order valence-electron chi connectivity index (χ3n) is 2.01. The Kier molecular flexibility index (Phi) is 4.01. The molecule has 0 fully saturated rings. The number of hydrogen-bond donors (Lipinski definition) is 0. The van der Waals surface area contributed by atoms with Gasteiger partial charge in [-0.2, -0.15) is 5.11 Å². The first-order valence-corrected chi connectivity index (χ1v) is 5.12. The molecule has 1 rings (SSSR count). The summed E-state index contributed by atoms with van der Waals surface area (Å²) in [6.07, 6.45) is 0. The topological polar surface area (TPSA) is 51.0 Å². The number of halogens is 1. The van der Waals surface area contributed by atoms with Gasteiger partial charge in [-0.05, 0) is 12.1 Å². The van der Waals surface area contributed by atoms with Crippen molar-refractivity contribution in [2.75, 3.05) is 7.05 Å². The predicted molar refractivity (Wildman–Crippen MR) is 61.4 cm³/mol. The normalized spacial score (nSPS) is 14.8. The lowest BCUT2D eigenvalue weighted by Crippen LogP contribution is -2.25. The Bertz CT molecular complexity index is 403. The monoisotopic (exact) mass is 240 g/mol. The molecule has 0 aliphatic heterocycles. The van der Waals surface area contributed by atoms with Gasteiger partial charge >= 0.3 is 5.97 Å². The number of carbonyl (C=O) groups excluding carboxylic acids is 1.